The van der Waals surface area contributed by atoms with Crippen molar-refractivity contribution >= 4 is 29.9 Å². The van der Waals surface area contributed by atoms with Crippen LogP contribution in [0.25, 0.3) is 0 Å². The Morgan fingerprint density at radius 2 is 1.78 bits per heavy atom. The number of guanidine groups is 1. The molecule has 1 saturated heterocycles. The Hall–Kier alpha value is -0.870. The first-order chi connectivity index (χ1) is 12.3. The van der Waals surface area contributed by atoms with Crippen molar-refractivity contribution in [3.63, 3.8) is 0 Å². The summed E-state index contributed by atoms with van der Waals surface area (Å²) in [5.74, 6) is 0.873. The highest BCUT2D eigenvalue weighted by Gasteiger charge is 2.19. The molecule has 7 nitrogen and oxygen atoms in total. The van der Waals surface area contributed by atoms with Crippen LogP contribution in [0, 0.1) is 13.8 Å². The topological polar surface area (TPSA) is 60.7 Å². The van der Waals surface area contributed by atoms with Crippen molar-refractivity contribution in [2.75, 3.05) is 46.8 Å². The number of aryl methyl sites for hydroxylation is 2. The predicted octanol–water partition coefficient (Wildman–Crippen LogP) is 1.39. The molecule has 2 atom stereocenters. The summed E-state index contributed by atoms with van der Waals surface area (Å²) in [6.45, 7) is 14.2. The summed E-state index contributed by atoms with van der Waals surface area (Å²) < 4.78 is 1.96. The summed E-state index contributed by atoms with van der Waals surface area (Å²) in [4.78, 5) is 9.33. The second kappa shape index (κ2) is 11.2. The zero-order chi connectivity index (χ0) is 19.3. The number of hydrogen-bond donors (Lipinski definition) is 2. The smallest absolute Gasteiger partial charge is 0.191 e. The highest BCUT2D eigenvalue weighted by Crippen LogP contribution is 2.14. The van der Waals surface area contributed by atoms with Crippen LogP contribution < -0.4 is 10.6 Å². The lowest BCUT2D eigenvalue weighted by Crippen LogP contribution is -2.53. The second-order valence-corrected chi connectivity index (χ2v) is 7.66. The molecule has 2 heterocycles. The maximum Gasteiger partial charge on any atom is 0.191 e. The molecule has 0 bridgehead atoms. The zero-order valence-electron chi connectivity index (χ0n) is 18.0. The van der Waals surface area contributed by atoms with Gasteiger partial charge >= 0.3 is 0 Å². The first kappa shape index (κ1) is 24.2. The molecule has 0 radical (unpaired) electrons. The van der Waals surface area contributed by atoms with Crippen molar-refractivity contribution in [2.24, 2.45) is 12.0 Å². The van der Waals surface area contributed by atoms with Crippen molar-refractivity contribution in [3.8, 4) is 0 Å². The number of halogens is 1. The van der Waals surface area contributed by atoms with Gasteiger partial charge in [-0.25, -0.2) is 0 Å². The Morgan fingerprint density at radius 1 is 1.15 bits per heavy atom. The first-order valence-corrected chi connectivity index (χ1v) is 9.70. The molecule has 27 heavy (non-hydrogen) atoms. The Labute approximate surface area is 182 Å². The fourth-order valence-corrected chi connectivity index (χ4v) is 3.53. The van der Waals surface area contributed by atoms with E-state index in [4.69, 9.17) is 0 Å². The first-order valence-electron chi connectivity index (χ1n) is 9.70. The van der Waals surface area contributed by atoms with E-state index in [1.165, 1.54) is 11.3 Å². The molecule has 0 aliphatic carbocycles. The van der Waals surface area contributed by atoms with Crippen LogP contribution in [0.15, 0.2) is 4.99 Å². The highest BCUT2D eigenvalue weighted by atomic mass is 127. The van der Waals surface area contributed by atoms with Crippen LogP contribution in [0.4, 0.5) is 0 Å². The third-order valence-corrected chi connectivity index (χ3v) is 5.50. The largest absolute Gasteiger partial charge is 0.355 e. The molecular weight excluding hydrogens is 453 g/mol. The van der Waals surface area contributed by atoms with Crippen molar-refractivity contribution in [3.05, 3.63) is 17.0 Å². The minimum Gasteiger partial charge on any atom is -0.355 e. The SMILES string of the molecule is CN=C(NCC(C)N1CCN(C)CC1)NC(C)Cc1c(C)nn(C)c1C.I. The summed E-state index contributed by atoms with van der Waals surface area (Å²) in [5.41, 5.74) is 3.68. The van der Waals surface area contributed by atoms with Crippen molar-refractivity contribution in [1.82, 2.24) is 30.2 Å². The van der Waals surface area contributed by atoms with Gasteiger partial charge in [-0.3, -0.25) is 14.6 Å². The fraction of sp³-hybridized carbons (Fsp3) is 0.789. The molecule has 1 aliphatic heterocycles. The van der Waals surface area contributed by atoms with E-state index in [-0.39, 0.29) is 24.0 Å². The molecule has 156 valence electrons. The number of nitrogens with zero attached hydrogens (tertiary/aromatic N) is 5. The molecule has 0 saturated carbocycles. The summed E-state index contributed by atoms with van der Waals surface area (Å²) in [6, 6.07) is 0.794. The Kier molecular flexibility index (Phi) is 10.0. The number of rotatable bonds is 6. The van der Waals surface area contributed by atoms with E-state index in [1.807, 2.05) is 18.8 Å². The van der Waals surface area contributed by atoms with E-state index in [2.05, 4.69) is 65.3 Å². The summed E-state index contributed by atoms with van der Waals surface area (Å²) in [5, 5.41) is 11.5. The molecule has 1 aromatic heterocycles. The summed E-state index contributed by atoms with van der Waals surface area (Å²) in [6.07, 6.45) is 0.945. The molecule has 0 aromatic carbocycles. The lowest BCUT2D eigenvalue weighted by molar-refractivity contribution is 0.120. The number of hydrogen-bond acceptors (Lipinski definition) is 4. The van der Waals surface area contributed by atoms with Gasteiger partial charge < -0.3 is 15.5 Å². The van der Waals surface area contributed by atoms with Gasteiger partial charge in [0.05, 0.1) is 5.69 Å². The molecule has 1 aromatic rings. The standard InChI is InChI=1S/C19H37N7.HI/c1-14(12-18-16(3)23-25(7)17(18)4)22-19(20-5)21-13-15(2)26-10-8-24(6)9-11-26;/h14-15H,8-13H2,1-7H3,(H2,20,21,22);1H. The van der Waals surface area contributed by atoms with Crippen LogP contribution >= 0.6 is 24.0 Å². The van der Waals surface area contributed by atoms with Gasteiger partial charge in [0.2, 0.25) is 0 Å². The van der Waals surface area contributed by atoms with E-state index in [9.17, 15) is 0 Å². The maximum atomic E-state index is 4.51. The van der Waals surface area contributed by atoms with Gasteiger partial charge in [0.25, 0.3) is 0 Å². The van der Waals surface area contributed by atoms with Crippen LogP contribution in [-0.4, -0.2) is 84.4 Å². The molecule has 2 N–H and O–H groups in total. The van der Waals surface area contributed by atoms with Gasteiger partial charge in [-0.05, 0) is 46.7 Å². The minimum absolute atomic E-state index is 0. The third-order valence-electron chi connectivity index (χ3n) is 5.50. The lowest BCUT2D eigenvalue weighted by Gasteiger charge is -2.36. The quantitative estimate of drug-likeness (QED) is 0.358. The Balaban J connectivity index is 0.00000364. The highest BCUT2D eigenvalue weighted by molar-refractivity contribution is 14.0. The molecule has 0 amide bonds. The second-order valence-electron chi connectivity index (χ2n) is 7.66. The van der Waals surface area contributed by atoms with Gasteiger partial charge in [0.1, 0.15) is 0 Å². The van der Waals surface area contributed by atoms with E-state index in [0.717, 1.165) is 50.8 Å². The van der Waals surface area contributed by atoms with Crippen LogP contribution in [0.1, 0.15) is 30.8 Å². The normalized spacial score (nSPS) is 18.7. The zero-order valence-corrected chi connectivity index (χ0v) is 20.4. The molecule has 1 fully saturated rings. The van der Waals surface area contributed by atoms with Gasteiger partial charge in [-0.15, -0.1) is 24.0 Å². The Morgan fingerprint density at radius 3 is 2.30 bits per heavy atom. The van der Waals surface area contributed by atoms with Crippen LogP contribution in [0.2, 0.25) is 0 Å². The van der Waals surface area contributed by atoms with Crippen LogP contribution in [0.5, 0.6) is 0 Å². The number of aromatic nitrogens is 2. The van der Waals surface area contributed by atoms with Crippen LogP contribution in [-0.2, 0) is 13.5 Å². The summed E-state index contributed by atoms with van der Waals surface area (Å²) in [7, 11) is 6.03. The maximum absolute atomic E-state index is 4.51. The van der Waals surface area contributed by atoms with E-state index < -0.39 is 0 Å². The van der Waals surface area contributed by atoms with Gasteiger partial charge in [0.15, 0.2) is 5.96 Å². The number of likely N-dealkylation sites (N-methyl/N-ethyl adjacent to an activating group) is 1. The molecular formula is C19H38IN7. The fourth-order valence-electron chi connectivity index (χ4n) is 3.53. The van der Waals surface area contributed by atoms with E-state index in [0.29, 0.717) is 12.1 Å². The molecule has 1 aliphatic rings. The van der Waals surface area contributed by atoms with E-state index >= 15 is 0 Å². The number of nitrogens with one attached hydrogen (secondary N) is 2. The average Bonchev–Trinajstić information content (AvgIpc) is 2.85. The summed E-state index contributed by atoms with van der Waals surface area (Å²) >= 11 is 0. The van der Waals surface area contributed by atoms with Crippen molar-refractivity contribution in [1.29, 1.82) is 0 Å². The molecule has 0 spiro atoms. The molecule has 2 unspecified atom stereocenters. The lowest BCUT2D eigenvalue weighted by atomic mass is 10.1. The van der Waals surface area contributed by atoms with Gasteiger partial charge in [-0.1, -0.05) is 0 Å². The average molecular weight is 491 g/mol. The minimum atomic E-state index is 0. The van der Waals surface area contributed by atoms with Gasteiger partial charge in [0, 0.05) is 64.6 Å². The van der Waals surface area contributed by atoms with Crippen LogP contribution in [0.3, 0.4) is 0 Å². The number of piperazine rings is 1. The monoisotopic (exact) mass is 491 g/mol. The van der Waals surface area contributed by atoms with Crippen molar-refractivity contribution < 1.29 is 0 Å². The van der Waals surface area contributed by atoms with Gasteiger partial charge in [-0.2, -0.15) is 5.10 Å². The number of aliphatic imine (C=N–C) groups is 1. The molecule has 8 heteroatoms. The van der Waals surface area contributed by atoms with E-state index in [1.54, 1.807) is 0 Å². The third kappa shape index (κ3) is 6.90. The Bertz CT molecular complexity index is 605. The predicted molar refractivity (Wildman–Crippen MR) is 124 cm³/mol. The van der Waals surface area contributed by atoms with Crippen molar-refractivity contribution in [2.45, 2.75) is 46.2 Å². The molecule has 2 rings (SSSR count).